The van der Waals surface area contributed by atoms with E-state index in [2.05, 4.69) is 10.1 Å². The normalized spacial score (nSPS) is 11.2. The maximum Gasteiger partial charge on any atom is 0.250 e. The summed E-state index contributed by atoms with van der Waals surface area (Å²) in [5, 5.41) is 3.98. The van der Waals surface area contributed by atoms with Crippen LogP contribution in [0.2, 0.25) is 0 Å². The van der Waals surface area contributed by atoms with Crippen LogP contribution in [0.3, 0.4) is 0 Å². The van der Waals surface area contributed by atoms with E-state index < -0.39 is 0 Å². The molecule has 0 aliphatic carbocycles. The summed E-state index contributed by atoms with van der Waals surface area (Å²) < 4.78 is 20.8. The van der Waals surface area contributed by atoms with Gasteiger partial charge in [-0.2, -0.15) is 4.98 Å². The van der Waals surface area contributed by atoms with Gasteiger partial charge in [-0.1, -0.05) is 23.4 Å². The molecule has 0 aliphatic heterocycles. The predicted octanol–water partition coefficient (Wildman–Crippen LogP) is 4.84. The smallest absolute Gasteiger partial charge is 0.250 e. The molecule has 25 heavy (non-hydrogen) atoms. The maximum atomic E-state index is 13.6. The van der Waals surface area contributed by atoms with Crippen LogP contribution in [0.25, 0.3) is 29.2 Å². The Hall–Kier alpha value is -3.47. The van der Waals surface area contributed by atoms with E-state index in [1.54, 1.807) is 30.4 Å². The topological polar surface area (TPSA) is 43.9 Å². The van der Waals surface area contributed by atoms with Crippen molar-refractivity contribution in [3.05, 3.63) is 90.3 Å². The molecule has 0 atom stereocenters. The molecule has 0 aliphatic rings. The van der Waals surface area contributed by atoms with E-state index in [1.807, 2.05) is 53.4 Å². The molecule has 0 spiro atoms. The largest absolute Gasteiger partial charge is 0.334 e. The second-order valence-corrected chi connectivity index (χ2v) is 5.45. The van der Waals surface area contributed by atoms with E-state index in [9.17, 15) is 4.39 Å². The first-order valence-electron chi connectivity index (χ1n) is 7.80. The Balaban J connectivity index is 1.54. The van der Waals surface area contributed by atoms with Gasteiger partial charge in [0.15, 0.2) is 0 Å². The van der Waals surface area contributed by atoms with Gasteiger partial charge in [0, 0.05) is 35.3 Å². The Bertz CT molecular complexity index is 1000. The molecule has 0 unspecified atom stereocenters. The average Bonchev–Trinajstić information content (AvgIpc) is 3.33. The number of rotatable bonds is 4. The molecule has 2 heterocycles. The van der Waals surface area contributed by atoms with Crippen LogP contribution < -0.4 is 0 Å². The fourth-order valence-corrected chi connectivity index (χ4v) is 2.48. The zero-order valence-corrected chi connectivity index (χ0v) is 13.2. The van der Waals surface area contributed by atoms with E-state index in [0.717, 1.165) is 11.3 Å². The van der Waals surface area contributed by atoms with Gasteiger partial charge in [-0.25, -0.2) is 4.39 Å². The first-order valence-corrected chi connectivity index (χ1v) is 7.80. The second kappa shape index (κ2) is 6.57. The molecule has 0 radical (unpaired) electrons. The Morgan fingerprint density at radius 2 is 1.64 bits per heavy atom. The minimum absolute atomic E-state index is 0.293. The molecule has 0 saturated carbocycles. The van der Waals surface area contributed by atoms with Gasteiger partial charge < -0.3 is 9.09 Å². The number of aromatic nitrogens is 3. The fourth-order valence-electron chi connectivity index (χ4n) is 2.48. The third-order valence-corrected chi connectivity index (χ3v) is 3.78. The Labute approximate surface area is 143 Å². The summed E-state index contributed by atoms with van der Waals surface area (Å²) in [4.78, 5) is 4.32. The average molecular weight is 331 g/mol. The molecule has 2 aromatic heterocycles. The summed E-state index contributed by atoms with van der Waals surface area (Å²) in [6.07, 6.45) is 7.18. The SMILES string of the molecule is Fc1ccccc1C=Cc1nc(-c2ccc(-n3cccc3)cc2)no1. The van der Waals surface area contributed by atoms with Gasteiger partial charge in [0.05, 0.1) is 0 Å². The number of halogens is 1. The quantitative estimate of drug-likeness (QED) is 0.537. The van der Waals surface area contributed by atoms with Crippen LogP contribution in [0.1, 0.15) is 11.5 Å². The van der Waals surface area contributed by atoms with E-state index in [-0.39, 0.29) is 5.82 Å². The van der Waals surface area contributed by atoms with Crippen molar-refractivity contribution >= 4 is 12.2 Å². The maximum absolute atomic E-state index is 13.6. The van der Waals surface area contributed by atoms with Gasteiger partial charge in [-0.3, -0.25) is 0 Å². The molecule has 122 valence electrons. The molecule has 0 amide bonds. The predicted molar refractivity (Wildman–Crippen MR) is 94.4 cm³/mol. The molecular weight excluding hydrogens is 317 g/mol. The van der Waals surface area contributed by atoms with Crippen molar-refractivity contribution in [3.8, 4) is 17.1 Å². The van der Waals surface area contributed by atoms with Crippen molar-refractivity contribution in [2.24, 2.45) is 0 Å². The van der Waals surface area contributed by atoms with Crippen LogP contribution in [-0.4, -0.2) is 14.7 Å². The zero-order valence-electron chi connectivity index (χ0n) is 13.2. The summed E-state index contributed by atoms with van der Waals surface area (Å²) >= 11 is 0. The van der Waals surface area contributed by atoms with Crippen LogP contribution in [0, 0.1) is 5.82 Å². The molecule has 2 aromatic carbocycles. The summed E-state index contributed by atoms with van der Waals surface area (Å²) in [5.41, 5.74) is 2.38. The lowest BCUT2D eigenvalue weighted by molar-refractivity contribution is 0.411. The summed E-state index contributed by atoms with van der Waals surface area (Å²) in [6, 6.07) is 18.3. The minimum atomic E-state index is -0.293. The van der Waals surface area contributed by atoms with Crippen molar-refractivity contribution in [1.29, 1.82) is 0 Å². The lowest BCUT2D eigenvalue weighted by Gasteiger charge is -2.02. The summed E-state index contributed by atoms with van der Waals surface area (Å²) in [6.45, 7) is 0. The highest BCUT2D eigenvalue weighted by Gasteiger charge is 2.07. The van der Waals surface area contributed by atoms with Crippen LogP contribution in [-0.2, 0) is 0 Å². The third-order valence-electron chi connectivity index (χ3n) is 3.78. The van der Waals surface area contributed by atoms with E-state index in [0.29, 0.717) is 17.3 Å². The first-order chi connectivity index (χ1) is 12.3. The molecule has 4 aromatic rings. The number of benzene rings is 2. The van der Waals surface area contributed by atoms with Crippen LogP contribution in [0.15, 0.2) is 77.6 Å². The van der Waals surface area contributed by atoms with E-state index in [4.69, 9.17) is 4.52 Å². The van der Waals surface area contributed by atoms with E-state index >= 15 is 0 Å². The zero-order chi connectivity index (χ0) is 17.1. The molecule has 0 N–H and O–H groups in total. The summed E-state index contributed by atoms with van der Waals surface area (Å²) in [7, 11) is 0. The molecule has 5 heteroatoms. The molecule has 4 rings (SSSR count). The number of hydrogen-bond donors (Lipinski definition) is 0. The summed E-state index contributed by atoms with van der Waals surface area (Å²) in [5.74, 6) is 0.527. The standard InChI is InChI=1S/C20H14FN3O/c21-18-6-2-1-5-15(18)9-12-19-22-20(23-25-19)16-7-10-17(11-8-16)24-13-3-4-14-24/h1-14H. The van der Waals surface area contributed by atoms with Gasteiger partial charge in [-0.15, -0.1) is 0 Å². The minimum Gasteiger partial charge on any atom is -0.334 e. The van der Waals surface area contributed by atoms with Crippen LogP contribution in [0.4, 0.5) is 4.39 Å². The highest BCUT2D eigenvalue weighted by molar-refractivity contribution is 5.67. The molecule has 0 saturated heterocycles. The second-order valence-electron chi connectivity index (χ2n) is 5.45. The highest BCUT2D eigenvalue weighted by atomic mass is 19.1. The van der Waals surface area contributed by atoms with Gasteiger partial charge >= 0.3 is 0 Å². The van der Waals surface area contributed by atoms with Gasteiger partial charge in [0.25, 0.3) is 5.89 Å². The lowest BCUT2D eigenvalue weighted by Crippen LogP contribution is -1.89. The van der Waals surface area contributed by atoms with Crippen molar-refractivity contribution in [1.82, 2.24) is 14.7 Å². The van der Waals surface area contributed by atoms with Crippen molar-refractivity contribution in [2.75, 3.05) is 0 Å². The van der Waals surface area contributed by atoms with Crippen molar-refractivity contribution < 1.29 is 8.91 Å². The first kappa shape index (κ1) is 15.1. The van der Waals surface area contributed by atoms with Gasteiger partial charge in [0.2, 0.25) is 5.82 Å². The molecule has 0 fully saturated rings. The Kier molecular flexibility index (Phi) is 3.96. The molecule has 4 nitrogen and oxygen atoms in total. The monoisotopic (exact) mass is 331 g/mol. The van der Waals surface area contributed by atoms with Gasteiger partial charge in [0.1, 0.15) is 5.82 Å². The van der Waals surface area contributed by atoms with Crippen LogP contribution >= 0.6 is 0 Å². The van der Waals surface area contributed by atoms with Crippen molar-refractivity contribution in [2.45, 2.75) is 0 Å². The highest BCUT2D eigenvalue weighted by Crippen LogP contribution is 2.19. The molecular formula is C20H14FN3O. The van der Waals surface area contributed by atoms with Crippen molar-refractivity contribution in [3.63, 3.8) is 0 Å². The molecule has 0 bridgehead atoms. The Morgan fingerprint density at radius 3 is 2.40 bits per heavy atom. The van der Waals surface area contributed by atoms with Gasteiger partial charge in [-0.05, 0) is 48.5 Å². The number of nitrogens with zero attached hydrogens (tertiary/aromatic N) is 3. The number of hydrogen-bond acceptors (Lipinski definition) is 3. The fraction of sp³-hybridized carbons (Fsp3) is 0. The third kappa shape index (κ3) is 3.26. The van der Waals surface area contributed by atoms with Crippen LogP contribution in [0.5, 0.6) is 0 Å². The van der Waals surface area contributed by atoms with E-state index in [1.165, 1.54) is 6.07 Å². The Morgan fingerprint density at radius 1 is 0.880 bits per heavy atom. The lowest BCUT2D eigenvalue weighted by atomic mass is 10.2.